The predicted molar refractivity (Wildman–Crippen MR) is 128 cm³/mol. The Morgan fingerprint density at radius 1 is 0.528 bits per heavy atom. The van der Waals surface area contributed by atoms with Gasteiger partial charge in [-0.3, -0.25) is 4.79 Å². The lowest BCUT2D eigenvalue weighted by Crippen LogP contribution is -2.04. The zero-order chi connectivity index (χ0) is 25.6. The van der Waals surface area contributed by atoms with Crippen molar-refractivity contribution in [3.8, 4) is 44.9 Å². The quantitative estimate of drug-likeness (QED) is 0.229. The van der Waals surface area contributed by atoms with Crippen LogP contribution in [0.3, 0.4) is 0 Å². The van der Waals surface area contributed by atoms with Crippen molar-refractivity contribution in [1.82, 2.24) is 0 Å². The molecule has 0 atom stereocenters. The van der Waals surface area contributed by atoms with Crippen molar-refractivity contribution in [3.63, 3.8) is 0 Å². The maximum atomic E-state index is 15.6. The van der Waals surface area contributed by atoms with Gasteiger partial charge in [0.2, 0.25) is 5.82 Å². The van der Waals surface area contributed by atoms with Gasteiger partial charge in [0.05, 0.1) is 24.3 Å². The summed E-state index contributed by atoms with van der Waals surface area (Å²) in [6.07, 6.45) is 0. The molecule has 0 heterocycles. The Kier molecular flexibility index (Phi) is 6.00. The van der Waals surface area contributed by atoms with E-state index in [1.54, 1.807) is 38.1 Å². The molecule has 0 radical (unpaired) electrons. The summed E-state index contributed by atoms with van der Waals surface area (Å²) < 4.78 is 69.7. The van der Waals surface area contributed by atoms with Crippen molar-refractivity contribution in [2.45, 2.75) is 13.8 Å². The molecule has 0 bridgehead atoms. The average molecular weight is 492 g/mol. The Morgan fingerprint density at radius 3 is 1.50 bits per heavy atom. The predicted octanol–water partition coefficient (Wildman–Crippen LogP) is 7.59. The van der Waals surface area contributed by atoms with Crippen LogP contribution in [0.2, 0.25) is 0 Å². The summed E-state index contributed by atoms with van der Waals surface area (Å²) in [7, 11) is 0. The summed E-state index contributed by atoms with van der Waals surface area (Å²) in [5, 5.41) is 0. The van der Waals surface area contributed by atoms with Crippen LogP contribution >= 0.6 is 0 Å². The van der Waals surface area contributed by atoms with E-state index in [4.69, 9.17) is 9.47 Å². The Labute approximate surface area is 204 Å². The SMILES string of the molecule is CCOc1ccc(-c2ccc(-c3ccc4c(c3F)C(=O)c3c-4ccc(OCC)c3F)cc2)c(F)c1F. The van der Waals surface area contributed by atoms with Crippen molar-refractivity contribution >= 4 is 5.78 Å². The first kappa shape index (κ1) is 23.6. The Bertz CT molecular complexity index is 1510. The summed E-state index contributed by atoms with van der Waals surface area (Å²) >= 11 is 0. The van der Waals surface area contributed by atoms with Gasteiger partial charge in [-0.2, -0.15) is 4.39 Å². The maximum Gasteiger partial charge on any atom is 0.201 e. The lowest BCUT2D eigenvalue weighted by Gasteiger charge is -2.11. The molecule has 182 valence electrons. The topological polar surface area (TPSA) is 35.5 Å². The molecule has 0 unspecified atom stereocenters. The second kappa shape index (κ2) is 9.15. The fraction of sp³-hybridized carbons (Fsp3) is 0.138. The van der Waals surface area contributed by atoms with Crippen LogP contribution in [0.1, 0.15) is 29.8 Å². The lowest BCUT2D eigenvalue weighted by molar-refractivity contribution is 0.103. The minimum Gasteiger partial charge on any atom is -0.491 e. The van der Waals surface area contributed by atoms with Gasteiger partial charge >= 0.3 is 0 Å². The number of benzene rings is 4. The molecular weight excluding hydrogens is 472 g/mol. The highest BCUT2D eigenvalue weighted by atomic mass is 19.2. The molecule has 36 heavy (non-hydrogen) atoms. The summed E-state index contributed by atoms with van der Waals surface area (Å²) in [6, 6.07) is 15.0. The van der Waals surface area contributed by atoms with Crippen molar-refractivity contribution in [1.29, 1.82) is 0 Å². The molecule has 0 aliphatic heterocycles. The third-order valence-electron chi connectivity index (χ3n) is 6.15. The maximum absolute atomic E-state index is 15.6. The molecule has 0 fully saturated rings. The third-order valence-corrected chi connectivity index (χ3v) is 6.15. The number of rotatable bonds is 6. The van der Waals surface area contributed by atoms with Crippen LogP contribution in [0, 0.1) is 23.3 Å². The molecule has 0 aromatic heterocycles. The van der Waals surface area contributed by atoms with Gasteiger partial charge < -0.3 is 9.47 Å². The molecular formula is C29H20F4O3. The third kappa shape index (κ3) is 3.63. The highest BCUT2D eigenvalue weighted by Crippen LogP contribution is 2.44. The molecule has 0 N–H and O–H groups in total. The van der Waals surface area contributed by atoms with Gasteiger partial charge in [0.15, 0.2) is 28.9 Å². The van der Waals surface area contributed by atoms with Gasteiger partial charge in [0, 0.05) is 11.1 Å². The highest BCUT2D eigenvalue weighted by molar-refractivity contribution is 6.22. The first-order valence-corrected chi connectivity index (χ1v) is 11.4. The number of ketones is 1. The van der Waals surface area contributed by atoms with Crippen LogP contribution in [0.15, 0.2) is 60.7 Å². The number of carbonyl (C=O) groups is 1. The van der Waals surface area contributed by atoms with Gasteiger partial charge in [-0.1, -0.05) is 36.4 Å². The van der Waals surface area contributed by atoms with Crippen LogP contribution in [0.5, 0.6) is 11.5 Å². The van der Waals surface area contributed by atoms with Gasteiger partial charge in [0.25, 0.3) is 0 Å². The molecule has 4 aromatic rings. The molecule has 1 aliphatic carbocycles. The van der Waals surface area contributed by atoms with E-state index in [1.807, 2.05) is 0 Å². The molecule has 0 saturated heterocycles. The van der Waals surface area contributed by atoms with Gasteiger partial charge in [-0.25, -0.2) is 13.2 Å². The van der Waals surface area contributed by atoms with Crippen LogP contribution in [0.4, 0.5) is 17.6 Å². The largest absolute Gasteiger partial charge is 0.491 e. The molecule has 7 heteroatoms. The standard InChI is InChI=1S/C29H20F4O3/c1-3-35-21-14-12-20-19-10-9-17(25(30)23(19)29(34)24(20)27(21)32)15-5-7-16(8-6-15)18-11-13-22(36-4-2)28(33)26(18)31/h5-14H,3-4H2,1-2H3. The fourth-order valence-electron chi connectivity index (χ4n) is 4.49. The molecule has 0 saturated carbocycles. The molecule has 3 nitrogen and oxygen atoms in total. The van der Waals surface area contributed by atoms with E-state index in [-0.39, 0.29) is 47.0 Å². The zero-order valence-electron chi connectivity index (χ0n) is 19.4. The van der Waals surface area contributed by atoms with Crippen molar-refractivity contribution in [2.75, 3.05) is 13.2 Å². The van der Waals surface area contributed by atoms with Gasteiger partial charge in [-0.05, 0) is 60.4 Å². The Hall–Kier alpha value is -4.13. The summed E-state index contributed by atoms with van der Waals surface area (Å²) in [5.74, 6) is -4.71. The van der Waals surface area contributed by atoms with Gasteiger partial charge in [-0.15, -0.1) is 0 Å². The average Bonchev–Trinajstić information content (AvgIpc) is 3.17. The first-order valence-electron chi connectivity index (χ1n) is 11.4. The second-order valence-electron chi connectivity index (χ2n) is 8.16. The van der Waals surface area contributed by atoms with Crippen molar-refractivity contribution in [3.05, 3.63) is 95.1 Å². The van der Waals surface area contributed by atoms with E-state index in [0.29, 0.717) is 22.3 Å². The van der Waals surface area contributed by atoms with Crippen LogP contribution < -0.4 is 9.47 Å². The van der Waals surface area contributed by atoms with E-state index >= 15 is 4.39 Å². The first-order chi connectivity index (χ1) is 17.4. The van der Waals surface area contributed by atoms with E-state index < -0.39 is 29.1 Å². The van der Waals surface area contributed by atoms with E-state index in [0.717, 1.165) is 0 Å². The highest BCUT2D eigenvalue weighted by Gasteiger charge is 2.35. The summed E-state index contributed by atoms with van der Waals surface area (Å²) in [5.41, 5.74) is 1.16. The zero-order valence-corrected chi connectivity index (χ0v) is 19.4. The molecule has 0 amide bonds. The monoisotopic (exact) mass is 492 g/mol. The Balaban J connectivity index is 1.52. The number of hydrogen-bond acceptors (Lipinski definition) is 3. The van der Waals surface area contributed by atoms with E-state index in [2.05, 4.69) is 0 Å². The van der Waals surface area contributed by atoms with E-state index in [9.17, 15) is 18.0 Å². The number of carbonyl (C=O) groups excluding carboxylic acids is 1. The lowest BCUT2D eigenvalue weighted by atomic mass is 9.96. The molecule has 4 aromatic carbocycles. The normalized spacial score (nSPS) is 11.9. The van der Waals surface area contributed by atoms with Crippen LogP contribution in [-0.2, 0) is 0 Å². The fourth-order valence-corrected chi connectivity index (χ4v) is 4.49. The van der Waals surface area contributed by atoms with Crippen molar-refractivity contribution < 1.29 is 31.8 Å². The molecule has 0 spiro atoms. The van der Waals surface area contributed by atoms with E-state index in [1.165, 1.54) is 36.4 Å². The number of hydrogen-bond donors (Lipinski definition) is 0. The Morgan fingerprint density at radius 2 is 0.944 bits per heavy atom. The van der Waals surface area contributed by atoms with Crippen LogP contribution in [0.25, 0.3) is 33.4 Å². The summed E-state index contributed by atoms with van der Waals surface area (Å²) in [6.45, 7) is 3.79. The number of ether oxygens (including phenoxy) is 2. The smallest absolute Gasteiger partial charge is 0.201 e. The molecule has 5 rings (SSSR count). The van der Waals surface area contributed by atoms with Crippen LogP contribution in [-0.4, -0.2) is 19.0 Å². The number of halogens is 4. The van der Waals surface area contributed by atoms with Gasteiger partial charge in [0.1, 0.15) is 5.82 Å². The molecule has 1 aliphatic rings. The second-order valence-corrected chi connectivity index (χ2v) is 8.16. The van der Waals surface area contributed by atoms with Crippen molar-refractivity contribution in [2.24, 2.45) is 0 Å². The summed E-state index contributed by atoms with van der Waals surface area (Å²) in [4.78, 5) is 13.0. The minimum atomic E-state index is -1.08. The minimum absolute atomic E-state index is 0.0307. The number of fused-ring (bicyclic) bond motifs is 3.